The van der Waals surface area contributed by atoms with Gasteiger partial charge in [0.25, 0.3) is 0 Å². The fraction of sp³-hybridized carbons (Fsp3) is 0.450. The first-order valence-corrected chi connectivity index (χ1v) is 8.53. The van der Waals surface area contributed by atoms with Crippen molar-refractivity contribution >= 4 is 5.78 Å². The Labute approximate surface area is 146 Å². The molecular weight excluding hydrogens is 320 g/mol. The third kappa shape index (κ3) is 2.08. The molecule has 5 atom stereocenters. The van der Waals surface area contributed by atoms with Crippen LogP contribution >= 0.6 is 0 Å². The molecule has 1 aromatic carbocycles. The highest BCUT2D eigenvalue weighted by Crippen LogP contribution is 2.60. The van der Waals surface area contributed by atoms with Crippen LogP contribution in [0.15, 0.2) is 42.7 Å². The van der Waals surface area contributed by atoms with Gasteiger partial charge >= 0.3 is 0 Å². The summed E-state index contributed by atoms with van der Waals surface area (Å²) in [6.07, 6.45) is 3.19. The van der Waals surface area contributed by atoms with E-state index in [2.05, 4.69) is 13.5 Å². The smallest absolute Gasteiger partial charge is 0.231 e. The minimum absolute atomic E-state index is 0.00525. The van der Waals surface area contributed by atoms with Crippen LogP contribution in [-0.4, -0.2) is 30.9 Å². The van der Waals surface area contributed by atoms with Gasteiger partial charge in [0.05, 0.1) is 18.4 Å². The van der Waals surface area contributed by atoms with Crippen LogP contribution in [0.1, 0.15) is 24.8 Å². The lowest BCUT2D eigenvalue weighted by atomic mass is 9.71. The Balaban J connectivity index is 1.83. The number of fused-ring (bicyclic) bond motifs is 3. The number of ketones is 1. The van der Waals surface area contributed by atoms with Gasteiger partial charge in [0, 0.05) is 5.92 Å². The second-order valence-corrected chi connectivity index (χ2v) is 7.05. The summed E-state index contributed by atoms with van der Waals surface area (Å²) in [6.45, 7) is 6.10. The van der Waals surface area contributed by atoms with Gasteiger partial charge in [-0.15, -0.1) is 6.58 Å². The summed E-state index contributed by atoms with van der Waals surface area (Å²) >= 11 is 0. The summed E-state index contributed by atoms with van der Waals surface area (Å²) in [6, 6.07) is 5.76. The van der Waals surface area contributed by atoms with E-state index in [9.17, 15) is 9.90 Å². The molecule has 1 fully saturated rings. The summed E-state index contributed by atoms with van der Waals surface area (Å²) in [5.41, 5.74) is 0.295. The topological polar surface area (TPSA) is 65.0 Å². The van der Waals surface area contributed by atoms with E-state index >= 15 is 0 Å². The fourth-order valence-corrected chi connectivity index (χ4v) is 4.77. The second kappa shape index (κ2) is 5.63. The summed E-state index contributed by atoms with van der Waals surface area (Å²) in [5, 5.41) is 10.8. The fourth-order valence-electron chi connectivity index (χ4n) is 4.77. The lowest BCUT2D eigenvalue weighted by molar-refractivity contribution is -0.132. The molecule has 25 heavy (non-hydrogen) atoms. The molecule has 3 aliphatic rings. The van der Waals surface area contributed by atoms with E-state index < -0.39 is 17.4 Å². The summed E-state index contributed by atoms with van der Waals surface area (Å²) in [5.74, 6) is 1.28. The highest BCUT2D eigenvalue weighted by molar-refractivity contribution is 5.95. The Hall–Kier alpha value is -2.27. The van der Waals surface area contributed by atoms with Gasteiger partial charge in [0.15, 0.2) is 11.5 Å². The van der Waals surface area contributed by atoms with Crippen molar-refractivity contribution in [2.24, 2.45) is 17.3 Å². The zero-order valence-electron chi connectivity index (χ0n) is 14.4. The minimum Gasteiger partial charge on any atom is -0.499 e. The molecule has 0 spiro atoms. The number of carbonyl (C=O) groups is 1. The molecule has 4 rings (SSSR count). The van der Waals surface area contributed by atoms with Gasteiger partial charge in [-0.25, -0.2) is 0 Å². The number of hydrogen-bond acceptors (Lipinski definition) is 5. The first-order valence-electron chi connectivity index (χ1n) is 8.53. The maximum absolute atomic E-state index is 13.2. The van der Waals surface area contributed by atoms with Crippen molar-refractivity contribution in [3.8, 4) is 11.5 Å². The number of methoxy groups -OCH3 is 1. The van der Waals surface area contributed by atoms with E-state index in [0.29, 0.717) is 23.7 Å². The van der Waals surface area contributed by atoms with Gasteiger partial charge in [0.2, 0.25) is 6.79 Å². The van der Waals surface area contributed by atoms with Crippen molar-refractivity contribution < 1.29 is 24.1 Å². The number of allylic oxidation sites excluding steroid dienone is 2. The number of benzene rings is 1. The molecule has 132 valence electrons. The Morgan fingerprint density at radius 1 is 1.36 bits per heavy atom. The molecule has 5 nitrogen and oxygen atoms in total. The maximum atomic E-state index is 13.2. The number of aliphatic hydroxyl groups excluding tert-OH is 1. The molecule has 2 aliphatic carbocycles. The maximum Gasteiger partial charge on any atom is 0.231 e. The number of carbonyl (C=O) groups excluding carboxylic acids is 1. The minimum atomic E-state index is -0.934. The van der Waals surface area contributed by atoms with Crippen LogP contribution in [0.2, 0.25) is 0 Å². The molecule has 1 aliphatic heterocycles. The van der Waals surface area contributed by atoms with E-state index in [1.807, 2.05) is 24.3 Å². The van der Waals surface area contributed by atoms with E-state index in [1.165, 1.54) is 7.11 Å². The molecular formula is C20H22O5. The van der Waals surface area contributed by atoms with Crippen LogP contribution in [-0.2, 0) is 9.53 Å². The highest BCUT2D eigenvalue weighted by atomic mass is 16.7. The van der Waals surface area contributed by atoms with E-state index in [0.717, 1.165) is 5.56 Å². The number of Topliss-reactive ketones (excluding diaryl/α,β-unsaturated/α-hetero) is 1. The van der Waals surface area contributed by atoms with Crippen LogP contribution in [0.25, 0.3) is 0 Å². The molecule has 1 saturated carbocycles. The largest absolute Gasteiger partial charge is 0.499 e. The SMILES string of the molecule is C=CC[C@@]12C=C(OC)[C@@H](O)[C@@H](C1=O)[C@@H](c1ccc3c(c1)OCO3)[C@@H]2C. The van der Waals surface area contributed by atoms with Crippen LogP contribution in [0.3, 0.4) is 0 Å². The van der Waals surface area contributed by atoms with Crippen LogP contribution < -0.4 is 9.47 Å². The first-order chi connectivity index (χ1) is 12.0. The standard InChI is InChI=1S/C20H22O5/c1-4-7-20-9-15(23-3)18(21)17(19(20)22)16(11(20)2)12-5-6-13-14(8-12)25-10-24-13/h4-6,8-9,11,16-18,21H,1,7,10H2,2-3H3/t11-,16+,17-,18+,20-/m0/s1. The Bertz CT molecular complexity index is 767. The first kappa shape index (κ1) is 16.2. The van der Waals surface area contributed by atoms with E-state index in [4.69, 9.17) is 14.2 Å². The Kier molecular flexibility index (Phi) is 3.65. The molecule has 5 heteroatoms. The number of hydrogen-bond donors (Lipinski definition) is 1. The third-order valence-electron chi connectivity index (χ3n) is 6.03. The van der Waals surface area contributed by atoms with Gasteiger partial charge in [-0.1, -0.05) is 19.1 Å². The molecule has 1 N–H and O–H groups in total. The molecule has 0 amide bonds. The molecule has 0 unspecified atom stereocenters. The quantitative estimate of drug-likeness (QED) is 0.853. The van der Waals surface area contributed by atoms with Crippen molar-refractivity contribution in [2.75, 3.05) is 13.9 Å². The molecule has 0 radical (unpaired) electrons. The van der Waals surface area contributed by atoms with Crippen LogP contribution in [0.5, 0.6) is 11.5 Å². The summed E-state index contributed by atoms with van der Waals surface area (Å²) < 4.78 is 16.3. The van der Waals surface area contributed by atoms with Crippen LogP contribution in [0, 0.1) is 17.3 Å². The number of aliphatic hydroxyl groups is 1. The monoisotopic (exact) mass is 342 g/mol. The van der Waals surface area contributed by atoms with Crippen molar-refractivity contribution in [3.05, 3.63) is 48.3 Å². The molecule has 2 bridgehead atoms. The second-order valence-electron chi connectivity index (χ2n) is 7.05. The lowest BCUT2D eigenvalue weighted by Gasteiger charge is -2.33. The zero-order valence-corrected chi connectivity index (χ0v) is 14.4. The van der Waals surface area contributed by atoms with Crippen LogP contribution in [0.4, 0.5) is 0 Å². The number of ether oxygens (including phenoxy) is 3. The van der Waals surface area contributed by atoms with E-state index in [-0.39, 0.29) is 24.4 Å². The molecule has 0 saturated heterocycles. The number of rotatable bonds is 4. The van der Waals surface area contributed by atoms with E-state index in [1.54, 1.807) is 6.08 Å². The van der Waals surface area contributed by atoms with Crippen molar-refractivity contribution in [2.45, 2.75) is 25.4 Å². The summed E-state index contributed by atoms with van der Waals surface area (Å²) in [7, 11) is 1.53. The van der Waals surface area contributed by atoms with Gasteiger partial charge in [-0.2, -0.15) is 0 Å². The van der Waals surface area contributed by atoms with Crippen molar-refractivity contribution in [1.29, 1.82) is 0 Å². The van der Waals surface area contributed by atoms with Gasteiger partial charge in [0.1, 0.15) is 17.6 Å². The Morgan fingerprint density at radius 2 is 2.12 bits per heavy atom. The average molecular weight is 342 g/mol. The average Bonchev–Trinajstić information content (AvgIpc) is 3.13. The lowest BCUT2D eigenvalue weighted by Crippen LogP contribution is -2.40. The van der Waals surface area contributed by atoms with Gasteiger partial charge in [-0.3, -0.25) is 4.79 Å². The van der Waals surface area contributed by atoms with Gasteiger partial charge in [-0.05, 0) is 36.1 Å². The zero-order chi connectivity index (χ0) is 17.8. The predicted octanol–water partition coefficient (Wildman–Crippen LogP) is 2.80. The van der Waals surface area contributed by atoms with Gasteiger partial charge < -0.3 is 19.3 Å². The predicted molar refractivity (Wildman–Crippen MR) is 91.3 cm³/mol. The molecule has 1 aromatic rings. The summed E-state index contributed by atoms with van der Waals surface area (Å²) in [4.78, 5) is 13.2. The Morgan fingerprint density at radius 3 is 2.84 bits per heavy atom. The van der Waals surface area contributed by atoms with Crippen molar-refractivity contribution in [3.63, 3.8) is 0 Å². The highest BCUT2D eigenvalue weighted by Gasteiger charge is 2.62. The molecule has 0 aromatic heterocycles. The van der Waals surface area contributed by atoms with Crippen molar-refractivity contribution in [1.82, 2.24) is 0 Å². The normalized spacial score (nSPS) is 35.5. The third-order valence-corrected chi connectivity index (χ3v) is 6.03. The molecule has 1 heterocycles.